The summed E-state index contributed by atoms with van der Waals surface area (Å²) in [4.78, 5) is 0. The van der Waals surface area contributed by atoms with Crippen molar-refractivity contribution in [1.82, 2.24) is 4.57 Å². The second-order valence-electron chi connectivity index (χ2n) is 5.87. The van der Waals surface area contributed by atoms with Crippen molar-refractivity contribution in [3.05, 3.63) is 59.8 Å². The minimum absolute atomic E-state index is 0.172. The molecule has 1 heterocycles. The highest BCUT2D eigenvalue weighted by Gasteiger charge is 2.14. The molecule has 3 aromatic rings. The van der Waals surface area contributed by atoms with Crippen molar-refractivity contribution in [2.75, 3.05) is 0 Å². The van der Waals surface area contributed by atoms with E-state index in [0.717, 1.165) is 5.69 Å². The molecule has 0 aliphatic carbocycles. The Labute approximate surface area is 130 Å². The maximum absolute atomic E-state index is 9.82. The van der Waals surface area contributed by atoms with Crippen molar-refractivity contribution < 1.29 is 9.84 Å². The Morgan fingerprint density at radius 2 is 1.86 bits per heavy atom. The van der Waals surface area contributed by atoms with Crippen LogP contribution < -0.4 is 4.74 Å². The average molecular weight is 295 g/mol. The normalized spacial score (nSPS) is 11.3. The molecule has 0 radical (unpaired) electrons. The third-order valence-electron chi connectivity index (χ3n) is 3.90. The maximum atomic E-state index is 9.82. The minimum atomic E-state index is 0.172. The predicted octanol–water partition coefficient (Wildman–Crippen LogP) is 4.82. The lowest BCUT2D eigenvalue weighted by atomic mass is 10.1. The Morgan fingerprint density at radius 3 is 2.59 bits per heavy atom. The first-order chi connectivity index (χ1) is 10.6. The van der Waals surface area contributed by atoms with Crippen molar-refractivity contribution >= 4 is 10.9 Å². The molecule has 22 heavy (non-hydrogen) atoms. The van der Waals surface area contributed by atoms with Gasteiger partial charge in [0.15, 0.2) is 11.5 Å². The lowest BCUT2D eigenvalue weighted by Crippen LogP contribution is -2.08. The van der Waals surface area contributed by atoms with Gasteiger partial charge in [0.1, 0.15) is 6.61 Å². The molecule has 0 aliphatic heterocycles. The van der Waals surface area contributed by atoms with Gasteiger partial charge in [0, 0.05) is 11.4 Å². The van der Waals surface area contributed by atoms with Gasteiger partial charge in [0.05, 0.1) is 11.2 Å². The zero-order chi connectivity index (χ0) is 15.7. The number of fused-ring (bicyclic) bond motifs is 1. The molecule has 3 rings (SSSR count). The third kappa shape index (κ3) is 2.54. The molecule has 2 aromatic carbocycles. The molecule has 0 aliphatic rings. The zero-order valence-electron chi connectivity index (χ0n) is 13.2. The monoisotopic (exact) mass is 295 g/mol. The van der Waals surface area contributed by atoms with Gasteiger partial charge in [-0.15, -0.1) is 0 Å². The smallest absolute Gasteiger partial charge is 0.161 e. The van der Waals surface area contributed by atoms with Gasteiger partial charge in [0.2, 0.25) is 0 Å². The number of hydrogen-bond donors (Lipinski definition) is 1. The summed E-state index contributed by atoms with van der Waals surface area (Å²) in [6.45, 7) is 6.92. The Bertz CT molecular complexity index is 802. The largest absolute Gasteiger partial charge is 0.504 e. The molecule has 1 N–H and O–H groups in total. The number of aromatic hydroxyl groups is 1. The minimum Gasteiger partial charge on any atom is -0.504 e. The summed E-state index contributed by atoms with van der Waals surface area (Å²) < 4.78 is 8.12. The van der Waals surface area contributed by atoms with Gasteiger partial charge in [-0.25, -0.2) is 0 Å². The van der Waals surface area contributed by atoms with Crippen LogP contribution in [0.3, 0.4) is 0 Å². The molecular formula is C19H21NO2. The predicted molar refractivity (Wildman–Crippen MR) is 89.5 cm³/mol. The molecular weight excluding hydrogens is 274 g/mol. The van der Waals surface area contributed by atoms with Crippen molar-refractivity contribution in [2.24, 2.45) is 0 Å². The summed E-state index contributed by atoms with van der Waals surface area (Å²) in [7, 11) is 0. The summed E-state index contributed by atoms with van der Waals surface area (Å²) >= 11 is 0. The van der Waals surface area contributed by atoms with Crippen LogP contribution in [0.2, 0.25) is 0 Å². The number of para-hydroxylation sites is 3. The topological polar surface area (TPSA) is 34.4 Å². The van der Waals surface area contributed by atoms with Crippen LogP contribution >= 0.6 is 0 Å². The lowest BCUT2D eigenvalue weighted by Gasteiger charge is -2.16. The second-order valence-corrected chi connectivity index (χ2v) is 5.87. The van der Waals surface area contributed by atoms with E-state index in [2.05, 4.69) is 49.6 Å². The number of aryl methyl sites for hydroxylation is 1. The second kappa shape index (κ2) is 5.76. The number of ether oxygens (including phenoxy) is 1. The number of aromatic nitrogens is 1. The van der Waals surface area contributed by atoms with Gasteiger partial charge in [-0.3, -0.25) is 0 Å². The van der Waals surface area contributed by atoms with E-state index in [9.17, 15) is 5.11 Å². The van der Waals surface area contributed by atoms with Crippen LogP contribution in [0, 0.1) is 6.92 Å². The van der Waals surface area contributed by atoms with Crippen LogP contribution in [-0.2, 0) is 6.61 Å². The van der Waals surface area contributed by atoms with Gasteiger partial charge < -0.3 is 14.4 Å². The van der Waals surface area contributed by atoms with Crippen LogP contribution in [0.5, 0.6) is 11.5 Å². The summed E-state index contributed by atoms with van der Waals surface area (Å²) in [6.07, 6.45) is 0. The summed E-state index contributed by atoms with van der Waals surface area (Å²) in [6, 6.07) is 15.9. The van der Waals surface area contributed by atoms with Crippen LogP contribution in [0.25, 0.3) is 10.9 Å². The van der Waals surface area contributed by atoms with Gasteiger partial charge in [-0.2, -0.15) is 0 Å². The number of phenolic OH excluding ortho intramolecular Hbond substituents is 1. The molecule has 0 spiro atoms. The molecule has 0 bridgehead atoms. The fraction of sp³-hybridized carbons (Fsp3) is 0.263. The number of phenols is 1. The highest BCUT2D eigenvalue weighted by atomic mass is 16.5. The molecule has 0 saturated carbocycles. The van der Waals surface area contributed by atoms with Crippen LogP contribution in [0.15, 0.2) is 48.5 Å². The first-order valence-corrected chi connectivity index (χ1v) is 7.58. The van der Waals surface area contributed by atoms with Gasteiger partial charge >= 0.3 is 0 Å². The number of rotatable bonds is 4. The van der Waals surface area contributed by atoms with E-state index >= 15 is 0 Å². The van der Waals surface area contributed by atoms with Crippen molar-refractivity contribution in [2.45, 2.75) is 33.4 Å². The molecule has 3 nitrogen and oxygen atoms in total. The quantitative estimate of drug-likeness (QED) is 0.749. The molecule has 1 aromatic heterocycles. The Balaban J connectivity index is 1.99. The van der Waals surface area contributed by atoms with E-state index in [1.165, 1.54) is 16.5 Å². The van der Waals surface area contributed by atoms with Crippen LogP contribution in [0.1, 0.15) is 31.1 Å². The van der Waals surface area contributed by atoms with E-state index in [1.54, 1.807) is 18.2 Å². The highest BCUT2D eigenvalue weighted by molar-refractivity contribution is 5.84. The van der Waals surface area contributed by atoms with E-state index in [-0.39, 0.29) is 5.75 Å². The number of hydrogen-bond acceptors (Lipinski definition) is 2. The number of nitrogens with zero attached hydrogens (tertiary/aromatic N) is 1. The third-order valence-corrected chi connectivity index (χ3v) is 3.90. The molecule has 0 fully saturated rings. The highest BCUT2D eigenvalue weighted by Crippen LogP contribution is 2.29. The maximum Gasteiger partial charge on any atom is 0.161 e. The Kier molecular flexibility index (Phi) is 3.80. The van der Waals surface area contributed by atoms with Crippen molar-refractivity contribution in [3.63, 3.8) is 0 Å². The summed E-state index contributed by atoms with van der Waals surface area (Å²) in [5.74, 6) is 0.686. The van der Waals surface area contributed by atoms with E-state index in [4.69, 9.17) is 4.74 Å². The standard InChI is InChI=1S/C19H21NO2/c1-13(2)20-16(11-15-8-6-7-14(3)19(15)20)12-22-18-10-5-4-9-17(18)21/h4-11,13,21H,12H2,1-3H3. The molecule has 0 amide bonds. The van der Waals surface area contributed by atoms with Gasteiger partial charge in [-0.1, -0.05) is 30.3 Å². The molecule has 0 unspecified atom stereocenters. The van der Waals surface area contributed by atoms with Gasteiger partial charge in [-0.05, 0) is 44.5 Å². The first-order valence-electron chi connectivity index (χ1n) is 7.58. The molecule has 114 valence electrons. The molecule has 0 atom stereocenters. The first kappa shape index (κ1) is 14.5. The summed E-state index contributed by atoms with van der Waals surface area (Å²) in [5, 5.41) is 11.0. The fourth-order valence-electron chi connectivity index (χ4n) is 2.95. The summed E-state index contributed by atoms with van der Waals surface area (Å²) in [5.41, 5.74) is 3.64. The van der Waals surface area contributed by atoms with E-state index in [1.807, 2.05) is 6.07 Å². The Morgan fingerprint density at radius 1 is 1.09 bits per heavy atom. The fourth-order valence-corrected chi connectivity index (χ4v) is 2.95. The number of benzene rings is 2. The van der Waals surface area contributed by atoms with Gasteiger partial charge in [0.25, 0.3) is 0 Å². The zero-order valence-corrected chi connectivity index (χ0v) is 13.2. The molecule has 0 saturated heterocycles. The SMILES string of the molecule is Cc1cccc2cc(COc3ccccc3O)n(C(C)C)c12. The lowest BCUT2D eigenvalue weighted by molar-refractivity contribution is 0.278. The van der Waals surface area contributed by atoms with Crippen molar-refractivity contribution in [1.29, 1.82) is 0 Å². The van der Waals surface area contributed by atoms with E-state index in [0.29, 0.717) is 18.4 Å². The Hall–Kier alpha value is -2.42. The van der Waals surface area contributed by atoms with Crippen LogP contribution in [-0.4, -0.2) is 9.67 Å². The van der Waals surface area contributed by atoms with Crippen LogP contribution in [0.4, 0.5) is 0 Å². The van der Waals surface area contributed by atoms with E-state index < -0.39 is 0 Å². The van der Waals surface area contributed by atoms with Crippen molar-refractivity contribution in [3.8, 4) is 11.5 Å². The average Bonchev–Trinajstić information content (AvgIpc) is 2.86. The molecule has 3 heteroatoms.